The Hall–Kier alpha value is -3.35. The number of aryl methyl sites for hydroxylation is 1. The lowest BCUT2D eigenvalue weighted by Gasteiger charge is -2.32. The van der Waals surface area contributed by atoms with Crippen molar-refractivity contribution in [2.45, 2.75) is 38.5 Å². The van der Waals surface area contributed by atoms with Crippen molar-refractivity contribution in [1.82, 2.24) is 20.1 Å². The molecule has 0 spiro atoms. The van der Waals surface area contributed by atoms with Crippen LogP contribution in [0.25, 0.3) is 0 Å². The second kappa shape index (κ2) is 9.20. The number of halogens is 1. The SMILES string of the molecule is CCc1cc(Cc2ccc(F)c(C(=O)N3CCC(c4ccncc4)CC3)c2)n[nH]c1=O. The van der Waals surface area contributed by atoms with Crippen molar-refractivity contribution < 1.29 is 9.18 Å². The van der Waals surface area contributed by atoms with E-state index < -0.39 is 5.82 Å². The van der Waals surface area contributed by atoms with Gasteiger partial charge in [-0.1, -0.05) is 13.0 Å². The molecule has 0 aliphatic carbocycles. The summed E-state index contributed by atoms with van der Waals surface area (Å²) in [6.07, 6.45) is 6.28. The van der Waals surface area contributed by atoms with Gasteiger partial charge >= 0.3 is 0 Å². The Bertz CT molecular complexity index is 1120. The smallest absolute Gasteiger partial charge is 0.267 e. The molecule has 1 saturated heterocycles. The quantitative estimate of drug-likeness (QED) is 0.686. The molecule has 7 heteroatoms. The Balaban J connectivity index is 1.47. The second-order valence-corrected chi connectivity index (χ2v) is 7.91. The highest BCUT2D eigenvalue weighted by Crippen LogP contribution is 2.28. The third kappa shape index (κ3) is 4.71. The third-order valence-corrected chi connectivity index (χ3v) is 5.92. The van der Waals surface area contributed by atoms with Crippen LogP contribution in [0.15, 0.2) is 53.6 Å². The largest absolute Gasteiger partial charge is 0.339 e. The lowest BCUT2D eigenvalue weighted by Crippen LogP contribution is -2.38. The van der Waals surface area contributed by atoms with Gasteiger partial charge in [-0.25, -0.2) is 9.49 Å². The first-order valence-corrected chi connectivity index (χ1v) is 10.6. The first-order chi connectivity index (χ1) is 15.0. The monoisotopic (exact) mass is 420 g/mol. The summed E-state index contributed by atoms with van der Waals surface area (Å²) >= 11 is 0. The first kappa shape index (κ1) is 20.9. The fraction of sp³-hybridized carbons (Fsp3) is 0.333. The molecule has 0 atom stereocenters. The summed E-state index contributed by atoms with van der Waals surface area (Å²) in [5, 5.41) is 6.57. The van der Waals surface area contributed by atoms with E-state index in [2.05, 4.69) is 15.2 Å². The maximum atomic E-state index is 14.5. The van der Waals surface area contributed by atoms with Crippen LogP contribution in [0.4, 0.5) is 4.39 Å². The Labute approximate surface area is 180 Å². The minimum Gasteiger partial charge on any atom is -0.339 e. The maximum absolute atomic E-state index is 14.5. The first-order valence-electron chi connectivity index (χ1n) is 10.6. The summed E-state index contributed by atoms with van der Waals surface area (Å²) in [5.41, 5.74) is 3.23. The second-order valence-electron chi connectivity index (χ2n) is 7.91. The number of nitrogens with one attached hydrogen (secondary N) is 1. The van der Waals surface area contributed by atoms with Crippen LogP contribution in [0, 0.1) is 5.82 Å². The van der Waals surface area contributed by atoms with Crippen LogP contribution in [-0.4, -0.2) is 39.1 Å². The summed E-state index contributed by atoms with van der Waals surface area (Å²) in [6, 6.07) is 10.4. The van der Waals surface area contributed by atoms with Crippen molar-refractivity contribution in [1.29, 1.82) is 0 Å². The van der Waals surface area contributed by atoms with E-state index >= 15 is 0 Å². The molecule has 1 aromatic carbocycles. The predicted octanol–water partition coefficient (Wildman–Crippen LogP) is 3.48. The highest BCUT2D eigenvalue weighted by Gasteiger charge is 2.26. The summed E-state index contributed by atoms with van der Waals surface area (Å²) in [6.45, 7) is 3.09. The van der Waals surface area contributed by atoms with Gasteiger partial charge in [-0.05, 0) is 66.6 Å². The number of amides is 1. The number of rotatable bonds is 5. The number of nitrogens with zero attached hydrogens (tertiary/aromatic N) is 3. The summed E-state index contributed by atoms with van der Waals surface area (Å²) in [7, 11) is 0. The van der Waals surface area contributed by atoms with Crippen LogP contribution in [0.3, 0.4) is 0 Å². The van der Waals surface area contributed by atoms with Crippen LogP contribution in [0.1, 0.15) is 58.4 Å². The molecule has 2 aromatic heterocycles. The predicted molar refractivity (Wildman–Crippen MR) is 116 cm³/mol. The standard InChI is InChI=1S/C24H25FN4O2/c1-2-17-15-20(27-28-23(17)30)13-16-3-4-22(25)21(14-16)24(31)29-11-7-19(8-12-29)18-5-9-26-10-6-18/h3-6,9-10,14-15,19H,2,7-8,11-13H2,1H3,(H,28,30). The lowest BCUT2D eigenvalue weighted by atomic mass is 9.90. The van der Waals surface area contributed by atoms with E-state index in [1.165, 1.54) is 11.6 Å². The molecule has 0 bridgehead atoms. The number of aromatic nitrogens is 3. The Morgan fingerprint density at radius 2 is 1.90 bits per heavy atom. The van der Waals surface area contributed by atoms with Gasteiger partial charge in [-0.2, -0.15) is 5.10 Å². The molecule has 0 unspecified atom stereocenters. The number of aromatic amines is 1. The van der Waals surface area contributed by atoms with Gasteiger partial charge in [-0.3, -0.25) is 14.6 Å². The Kier molecular flexibility index (Phi) is 6.21. The van der Waals surface area contributed by atoms with E-state index in [1.54, 1.807) is 35.5 Å². The molecule has 1 amide bonds. The number of hydrogen-bond donors (Lipinski definition) is 1. The Morgan fingerprint density at radius 1 is 1.16 bits per heavy atom. The van der Waals surface area contributed by atoms with Crippen LogP contribution in [0.5, 0.6) is 0 Å². The molecule has 1 aliphatic rings. The van der Waals surface area contributed by atoms with Gasteiger partial charge in [0.25, 0.3) is 11.5 Å². The average Bonchev–Trinajstić information content (AvgIpc) is 2.82. The fourth-order valence-corrected chi connectivity index (χ4v) is 4.12. The van der Waals surface area contributed by atoms with Crippen molar-refractivity contribution in [3.05, 3.63) is 92.9 Å². The molecule has 1 aliphatic heterocycles. The molecule has 3 aromatic rings. The number of piperidine rings is 1. The number of H-pyrrole nitrogens is 1. The van der Waals surface area contributed by atoms with Gasteiger partial charge in [0.1, 0.15) is 5.82 Å². The van der Waals surface area contributed by atoms with Gasteiger partial charge in [0, 0.05) is 37.5 Å². The van der Waals surface area contributed by atoms with Crippen molar-refractivity contribution in [3.8, 4) is 0 Å². The Morgan fingerprint density at radius 3 is 2.61 bits per heavy atom. The lowest BCUT2D eigenvalue weighted by molar-refractivity contribution is 0.0708. The van der Waals surface area contributed by atoms with Gasteiger partial charge < -0.3 is 4.90 Å². The summed E-state index contributed by atoms with van der Waals surface area (Å²) in [5.74, 6) is -0.410. The zero-order chi connectivity index (χ0) is 21.8. The van der Waals surface area contributed by atoms with Crippen molar-refractivity contribution in [2.75, 3.05) is 13.1 Å². The highest BCUT2D eigenvalue weighted by atomic mass is 19.1. The van der Waals surface area contributed by atoms with Crippen LogP contribution in [-0.2, 0) is 12.8 Å². The molecular formula is C24H25FN4O2. The van der Waals surface area contributed by atoms with Gasteiger partial charge in [0.2, 0.25) is 0 Å². The minimum absolute atomic E-state index is 0.0833. The number of pyridine rings is 1. The average molecular weight is 420 g/mol. The molecule has 0 saturated carbocycles. The number of benzene rings is 1. The van der Waals surface area contributed by atoms with Gasteiger partial charge in [0.15, 0.2) is 0 Å². The molecule has 1 N–H and O–H groups in total. The van der Waals surface area contributed by atoms with E-state index in [0.29, 0.717) is 43.1 Å². The van der Waals surface area contributed by atoms with E-state index in [1.807, 2.05) is 19.1 Å². The van der Waals surface area contributed by atoms with E-state index in [0.717, 1.165) is 18.4 Å². The molecule has 31 heavy (non-hydrogen) atoms. The summed E-state index contributed by atoms with van der Waals surface area (Å²) < 4.78 is 14.5. The van der Waals surface area contributed by atoms with Crippen molar-refractivity contribution in [2.24, 2.45) is 0 Å². The van der Waals surface area contributed by atoms with E-state index in [4.69, 9.17) is 0 Å². The molecular weight excluding hydrogens is 395 g/mol. The van der Waals surface area contributed by atoms with Crippen LogP contribution >= 0.6 is 0 Å². The summed E-state index contributed by atoms with van der Waals surface area (Å²) in [4.78, 5) is 30.5. The molecule has 160 valence electrons. The van der Waals surface area contributed by atoms with Crippen LogP contribution in [0.2, 0.25) is 0 Å². The van der Waals surface area contributed by atoms with Crippen molar-refractivity contribution in [3.63, 3.8) is 0 Å². The minimum atomic E-state index is -0.520. The maximum Gasteiger partial charge on any atom is 0.267 e. The number of carbonyl (C=O) groups excluding carboxylic acids is 1. The number of hydrogen-bond acceptors (Lipinski definition) is 4. The highest BCUT2D eigenvalue weighted by molar-refractivity contribution is 5.94. The van der Waals surface area contributed by atoms with Crippen molar-refractivity contribution >= 4 is 5.91 Å². The number of carbonyl (C=O) groups is 1. The zero-order valence-corrected chi connectivity index (χ0v) is 17.5. The normalized spacial score (nSPS) is 14.6. The van der Waals surface area contributed by atoms with E-state index in [-0.39, 0.29) is 17.0 Å². The van der Waals surface area contributed by atoms with E-state index in [9.17, 15) is 14.0 Å². The fourth-order valence-electron chi connectivity index (χ4n) is 4.12. The van der Waals surface area contributed by atoms with Gasteiger partial charge in [-0.15, -0.1) is 0 Å². The third-order valence-electron chi connectivity index (χ3n) is 5.92. The van der Waals surface area contributed by atoms with Gasteiger partial charge in [0.05, 0.1) is 11.3 Å². The zero-order valence-electron chi connectivity index (χ0n) is 17.5. The molecule has 1 fully saturated rings. The van der Waals surface area contributed by atoms with Crippen LogP contribution < -0.4 is 5.56 Å². The topological polar surface area (TPSA) is 79.0 Å². The molecule has 6 nitrogen and oxygen atoms in total. The molecule has 4 rings (SSSR count). The molecule has 0 radical (unpaired) electrons. The number of likely N-dealkylation sites (tertiary alicyclic amines) is 1. The molecule has 3 heterocycles.